The Hall–Kier alpha value is -4.53. The van der Waals surface area contributed by atoms with E-state index in [9.17, 15) is 25.1 Å². The molecule has 0 saturated carbocycles. The molecule has 0 saturated heterocycles. The van der Waals surface area contributed by atoms with Crippen molar-refractivity contribution in [1.82, 2.24) is 0 Å². The Balaban J connectivity index is 1.70. The summed E-state index contributed by atoms with van der Waals surface area (Å²) in [5, 5.41) is 38.4. The van der Waals surface area contributed by atoms with Crippen LogP contribution in [0.4, 0.5) is 17.1 Å². The number of benzene rings is 3. The lowest BCUT2D eigenvalue weighted by molar-refractivity contribution is -0.384. The molecular weight excluding hydrogens is 390 g/mol. The number of hydrogen-bond acceptors (Lipinski definition) is 8. The van der Waals surface area contributed by atoms with Crippen LogP contribution in [-0.2, 0) is 0 Å². The summed E-state index contributed by atoms with van der Waals surface area (Å²) in [6, 6.07) is 15.5. The smallest absolute Gasteiger partial charge is 0.269 e. The average molecular weight is 403 g/mol. The van der Waals surface area contributed by atoms with Gasteiger partial charge in [-0.05, 0) is 42.5 Å². The maximum atomic E-state index is 12.6. The molecule has 2 N–H and O–H groups in total. The molecule has 1 heterocycles. The molecule has 0 bridgehead atoms. The van der Waals surface area contributed by atoms with Crippen LogP contribution in [0, 0.1) is 10.1 Å². The van der Waals surface area contributed by atoms with Gasteiger partial charge < -0.3 is 14.6 Å². The molecule has 0 atom stereocenters. The number of nitrogens with zero attached hydrogens (tertiary/aromatic N) is 3. The van der Waals surface area contributed by atoms with Gasteiger partial charge in [0.1, 0.15) is 28.5 Å². The van der Waals surface area contributed by atoms with Crippen LogP contribution in [0.15, 0.2) is 86.2 Å². The van der Waals surface area contributed by atoms with Gasteiger partial charge in [-0.25, -0.2) is 0 Å². The van der Waals surface area contributed by atoms with E-state index in [1.165, 1.54) is 54.6 Å². The highest BCUT2D eigenvalue weighted by molar-refractivity contribution is 5.84. The number of phenolic OH excluding ortho intramolecular Hbond substituents is 2. The molecule has 0 aliphatic carbocycles. The molecule has 4 rings (SSSR count). The Kier molecular flexibility index (Phi) is 4.69. The van der Waals surface area contributed by atoms with Gasteiger partial charge in [-0.1, -0.05) is 0 Å². The van der Waals surface area contributed by atoms with E-state index in [-0.39, 0.29) is 45.0 Å². The first kappa shape index (κ1) is 18.8. The third kappa shape index (κ3) is 3.72. The number of aromatic hydroxyl groups is 2. The van der Waals surface area contributed by atoms with Crippen LogP contribution in [0.2, 0.25) is 0 Å². The van der Waals surface area contributed by atoms with Crippen LogP contribution in [0.25, 0.3) is 22.3 Å². The molecule has 9 nitrogen and oxygen atoms in total. The van der Waals surface area contributed by atoms with E-state index >= 15 is 0 Å². The molecule has 0 spiro atoms. The van der Waals surface area contributed by atoms with Crippen LogP contribution >= 0.6 is 0 Å². The van der Waals surface area contributed by atoms with Gasteiger partial charge in [0.2, 0.25) is 0 Å². The largest absolute Gasteiger partial charge is 0.508 e. The van der Waals surface area contributed by atoms with Crippen molar-refractivity contribution in [3.8, 4) is 22.8 Å². The Morgan fingerprint density at radius 2 is 1.60 bits per heavy atom. The van der Waals surface area contributed by atoms with E-state index in [0.717, 1.165) is 0 Å². The zero-order chi connectivity index (χ0) is 21.3. The third-order valence-electron chi connectivity index (χ3n) is 4.31. The number of non-ortho nitro benzene ring substituents is 1. The van der Waals surface area contributed by atoms with Crippen LogP contribution in [0.3, 0.4) is 0 Å². The van der Waals surface area contributed by atoms with E-state index in [0.29, 0.717) is 11.3 Å². The molecule has 0 fully saturated rings. The molecule has 0 unspecified atom stereocenters. The summed E-state index contributed by atoms with van der Waals surface area (Å²) >= 11 is 0. The van der Waals surface area contributed by atoms with Crippen LogP contribution in [0.5, 0.6) is 11.5 Å². The summed E-state index contributed by atoms with van der Waals surface area (Å²) in [7, 11) is 0. The molecule has 0 aliphatic heterocycles. The molecule has 0 radical (unpaired) electrons. The van der Waals surface area contributed by atoms with E-state index in [1.54, 1.807) is 12.1 Å². The van der Waals surface area contributed by atoms with E-state index < -0.39 is 4.92 Å². The Morgan fingerprint density at radius 3 is 2.27 bits per heavy atom. The summed E-state index contributed by atoms with van der Waals surface area (Å²) in [6.45, 7) is 0. The Labute approximate surface area is 168 Å². The monoisotopic (exact) mass is 403 g/mol. The molecule has 4 aromatic rings. The number of azo groups is 1. The Morgan fingerprint density at radius 1 is 0.900 bits per heavy atom. The van der Waals surface area contributed by atoms with Gasteiger partial charge in [0, 0.05) is 29.8 Å². The Bertz CT molecular complexity index is 1340. The normalized spacial score (nSPS) is 11.2. The highest BCUT2D eigenvalue weighted by atomic mass is 16.6. The van der Waals surface area contributed by atoms with Crippen LogP contribution in [-0.4, -0.2) is 15.1 Å². The van der Waals surface area contributed by atoms with Crippen molar-refractivity contribution < 1.29 is 19.6 Å². The fourth-order valence-electron chi connectivity index (χ4n) is 2.78. The van der Waals surface area contributed by atoms with Crippen molar-refractivity contribution in [3.05, 3.63) is 87.1 Å². The maximum Gasteiger partial charge on any atom is 0.269 e. The summed E-state index contributed by atoms with van der Waals surface area (Å²) in [6.07, 6.45) is 0. The van der Waals surface area contributed by atoms with Gasteiger partial charge in [0.05, 0.1) is 16.0 Å². The lowest BCUT2D eigenvalue weighted by Gasteiger charge is -2.05. The third-order valence-corrected chi connectivity index (χ3v) is 4.31. The first-order chi connectivity index (χ1) is 14.4. The minimum absolute atomic E-state index is 0.0468. The number of rotatable bonds is 4. The van der Waals surface area contributed by atoms with E-state index in [2.05, 4.69) is 10.2 Å². The molecule has 1 aromatic heterocycles. The topological polar surface area (TPSA) is 139 Å². The van der Waals surface area contributed by atoms with Crippen molar-refractivity contribution in [2.45, 2.75) is 0 Å². The zero-order valence-corrected chi connectivity index (χ0v) is 15.2. The molecule has 3 aromatic carbocycles. The molecule has 9 heteroatoms. The zero-order valence-electron chi connectivity index (χ0n) is 15.2. The molecule has 0 amide bonds. The number of nitro groups is 1. The average Bonchev–Trinajstić information content (AvgIpc) is 2.73. The fourth-order valence-corrected chi connectivity index (χ4v) is 2.78. The summed E-state index contributed by atoms with van der Waals surface area (Å²) in [4.78, 5) is 22.7. The fraction of sp³-hybridized carbons (Fsp3) is 0. The first-order valence-corrected chi connectivity index (χ1v) is 8.67. The van der Waals surface area contributed by atoms with Gasteiger partial charge >= 0.3 is 0 Å². The van der Waals surface area contributed by atoms with Crippen molar-refractivity contribution in [2.24, 2.45) is 10.2 Å². The number of phenols is 2. The molecule has 30 heavy (non-hydrogen) atoms. The first-order valence-electron chi connectivity index (χ1n) is 8.67. The number of fused-ring (bicyclic) bond motifs is 1. The maximum absolute atomic E-state index is 12.6. The van der Waals surface area contributed by atoms with Crippen molar-refractivity contribution >= 4 is 28.0 Å². The van der Waals surface area contributed by atoms with Crippen molar-refractivity contribution in [3.63, 3.8) is 0 Å². The van der Waals surface area contributed by atoms with Crippen molar-refractivity contribution in [1.29, 1.82) is 0 Å². The summed E-state index contributed by atoms with van der Waals surface area (Å²) in [5.74, 6) is 0.119. The summed E-state index contributed by atoms with van der Waals surface area (Å²) in [5.41, 5.74) is 0.724. The van der Waals surface area contributed by atoms with Gasteiger partial charge in [0.15, 0.2) is 5.43 Å². The van der Waals surface area contributed by atoms with Gasteiger partial charge in [-0.3, -0.25) is 14.9 Å². The second kappa shape index (κ2) is 7.47. The lowest BCUT2D eigenvalue weighted by Crippen LogP contribution is -2.00. The standard InChI is InChI=1S/C21H13N3O6/c25-15-7-1-12(2-8-15)20-10-18(26)16-9-17(19(27)11-21(16)30-20)23-22-13-3-5-14(6-4-13)24(28)29/h1-11,25,27H. The van der Waals surface area contributed by atoms with E-state index in [1.807, 2.05) is 0 Å². The number of nitro benzene ring substituents is 1. The number of hydrogen-bond donors (Lipinski definition) is 2. The molecular formula is C21H13N3O6. The lowest BCUT2D eigenvalue weighted by atomic mass is 10.1. The highest BCUT2D eigenvalue weighted by Crippen LogP contribution is 2.33. The minimum Gasteiger partial charge on any atom is -0.508 e. The predicted molar refractivity (Wildman–Crippen MR) is 109 cm³/mol. The molecule has 0 aliphatic rings. The predicted octanol–water partition coefficient (Wildman–Crippen LogP) is 5.19. The van der Waals surface area contributed by atoms with Crippen molar-refractivity contribution in [2.75, 3.05) is 0 Å². The minimum atomic E-state index is -0.526. The quantitative estimate of drug-likeness (QED) is 0.273. The highest BCUT2D eigenvalue weighted by Gasteiger charge is 2.12. The SMILES string of the molecule is O=c1cc(-c2ccc(O)cc2)oc2cc(O)c(N=Nc3ccc([N+](=O)[O-])cc3)cc12. The second-order valence-electron chi connectivity index (χ2n) is 6.33. The van der Waals surface area contributed by atoms with E-state index in [4.69, 9.17) is 4.42 Å². The molecule has 148 valence electrons. The summed E-state index contributed by atoms with van der Waals surface area (Å²) < 4.78 is 5.72. The second-order valence-corrected chi connectivity index (χ2v) is 6.33. The van der Waals surface area contributed by atoms with Gasteiger partial charge in [-0.15, -0.1) is 5.11 Å². The van der Waals surface area contributed by atoms with Crippen LogP contribution in [0.1, 0.15) is 0 Å². The van der Waals surface area contributed by atoms with Crippen LogP contribution < -0.4 is 5.43 Å². The van der Waals surface area contributed by atoms with Gasteiger partial charge in [-0.2, -0.15) is 5.11 Å². The van der Waals surface area contributed by atoms with Gasteiger partial charge in [0.25, 0.3) is 5.69 Å².